The van der Waals surface area contributed by atoms with Gasteiger partial charge in [0.05, 0.1) is 11.1 Å². The van der Waals surface area contributed by atoms with Gasteiger partial charge in [0.2, 0.25) is 0 Å². The van der Waals surface area contributed by atoms with Crippen molar-refractivity contribution in [2.75, 3.05) is 0 Å². The minimum absolute atomic E-state index is 0.410. The zero-order valence-corrected chi connectivity index (χ0v) is 34.7. The van der Waals surface area contributed by atoms with Gasteiger partial charge in [-0.15, -0.1) is 0 Å². The van der Waals surface area contributed by atoms with E-state index in [2.05, 4.69) is 171 Å². The average molecular weight is 800 g/mol. The van der Waals surface area contributed by atoms with Crippen molar-refractivity contribution in [3.05, 3.63) is 250 Å². The summed E-state index contributed by atoms with van der Waals surface area (Å²) < 4.78 is 0. The minimum Gasteiger partial charge on any atom is -0.324 e. The summed E-state index contributed by atoms with van der Waals surface area (Å²) in [7, 11) is 0. The van der Waals surface area contributed by atoms with Crippen LogP contribution in [0.15, 0.2) is 225 Å². The summed E-state index contributed by atoms with van der Waals surface area (Å²) in [5.41, 5.74) is 18.1. The number of allylic oxidation sites excluding steroid dienone is 6. The third-order valence-electron chi connectivity index (χ3n) is 12.9. The second kappa shape index (κ2) is 15.5. The van der Waals surface area contributed by atoms with E-state index in [1.807, 2.05) is 30.3 Å². The molecule has 0 aromatic heterocycles. The van der Waals surface area contributed by atoms with Gasteiger partial charge in [0.1, 0.15) is 11.7 Å². The first kappa shape index (κ1) is 37.5. The topological polar surface area (TPSA) is 61.5 Å². The van der Waals surface area contributed by atoms with E-state index in [1.165, 1.54) is 50.1 Å². The zero-order valence-electron chi connectivity index (χ0n) is 34.7. The van der Waals surface area contributed by atoms with Crippen LogP contribution in [-0.4, -0.2) is 23.2 Å². The Morgan fingerprint density at radius 2 is 1.24 bits per heavy atom. The van der Waals surface area contributed by atoms with Gasteiger partial charge in [0, 0.05) is 22.4 Å². The van der Waals surface area contributed by atoms with Crippen molar-refractivity contribution in [2.45, 2.75) is 44.2 Å². The number of amidine groups is 3. The first-order valence-electron chi connectivity index (χ1n) is 21.6. The molecule has 5 nitrogen and oxygen atoms in total. The summed E-state index contributed by atoms with van der Waals surface area (Å²) in [6, 6.07) is 55.9. The van der Waals surface area contributed by atoms with Crippen molar-refractivity contribution < 1.29 is 0 Å². The predicted octanol–water partition coefficient (Wildman–Crippen LogP) is 12.8. The molecule has 5 aliphatic rings. The molecule has 62 heavy (non-hydrogen) atoms. The average Bonchev–Trinajstić information content (AvgIpc) is 3.81. The Bertz CT molecular complexity index is 2950. The van der Waals surface area contributed by atoms with Crippen molar-refractivity contribution >= 4 is 34.5 Å². The van der Waals surface area contributed by atoms with Crippen molar-refractivity contribution in [1.82, 2.24) is 5.32 Å². The smallest absolute Gasteiger partial charge is 0.169 e. The van der Waals surface area contributed by atoms with Crippen molar-refractivity contribution in [3.8, 4) is 11.1 Å². The van der Waals surface area contributed by atoms with Crippen LogP contribution >= 0.6 is 0 Å². The lowest BCUT2D eigenvalue weighted by Crippen LogP contribution is -2.36. The fourth-order valence-corrected chi connectivity index (χ4v) is 10.00. The summed E-state index contributed by atoms with van der Waals surface area (Å²) in [6.45, 7) is 6.50. The van der Waals surface area contributed by atoms with Crippen LogP contribution in [0, 0.1) is 0 Å². The largest absolute Gasteiger partial charge is 0.324 e. The number of rotatable bonds is 7. The van der Waals surface area contributed by atoms with Crippen LogP contribution < -0.4 is 5.32 Å². The van der Waals surface area contributed by atoms with Crippen LogP contribution in [0.1, 0.15) is 83.3 Å². The van der Waals surface area contributed by atoms with E-state index in [0.29, 0.717) is 11.5 Å². The van der Waals surface area contributed by atoms with Gasteiger partial charge < -0.3 is 5.32 Å². The molecule has 6 aromatic rings. The Kier molecular flexibility index (Phi) is 9.38. The third kappa shape index (κ3) is 6.31. The normalized spacial score (nSPS) is 17.6. The molecule has 0 saturated carbocycles. The molecule has 11 rings (SSSR count). The van der Waals surface area contributed by atoms with Gasteiger partial charge in [0.15, 0.2) is 12.0 Å². The van der Waals surface area contributed by atoms with Crippen LogP contribution in [0.2, 0.25) is 0 Å². The summed E-state index contributed by atoms with van der Waals surface area (Å²) in [5, 5.41) is 3.57. The van der Waals surface area contributed by atoms with E-state index in [-0.39, 0.29) is 0 Å². The van der Waals surface area contributed by atoms with Gasteiger partial charge >= 0.3 is 0 Å². The molecule has 0 unspecified atom stereocenters. The molecule has 298 valence electrons. The number of benzene rings is 6. The first-order chi connectivity index (χ1) is 30.6. The molecular formula is C57H45N5. The molecule has 1 heterocycles. The standard InChI is InChI=1S/C57H45N5/c1-37(39-19-7-3-8-20-39)58-53(40-21-9-4-10-22-40)59-38(2)43-31-33-51-47(35-43)48-36-44(32-34-52(48)57(51)49-29-17-15-27-45(49)46-28-16-18-30-50(46)57)56-61-54(41-23-11-5-12-24-41)60-55(62-56)42-25-13-6-14-26-42/h3,5-9,11-30,32,34-36,56H,1,4,10,31,33H2,2H3,(H,60,61,62). The summed E-state index contributed by atoms with van der Waals surface area (Å²) in [5.74, 6) is 2.31. The molecule has 1 aliphatic heterocycles. The second-order valence-electron chi connectivity index (χ2n) is 16.5. The summed E-state index contributed by atoms with van der Waals surface area (Å²) in [6.07, 6.45) is 12.3. The first-order valence-corrected chi connectivity index (χ1v) is 21.6. The maximum absolute atomic E-state index is 5.34. The lowest BCUT2D eigenvalue weighted by Gasteiger charge is -2.34. The van der Waals surface area contributed by atoms with Gasteiger partial charge in [-0.25, -0.2) is 20.0 Å². The molecule has 6 aromatic carbocycles. The Balaban J connectivity index is 1.08. The highest BCUT2D eigenvalue weighted by molar-refractivity contribution is 6.16. The molecule has 1 spiro atoms. The minimum atomic E-state index is -0.445. The Morgan fingerprint density at radius 1 is 0.645 bits per heavy atom. The van der Waals surface area contributed by atoms with Crippen molar-refractivity contribution in [2.24, 2.45) is 20.0 Å². The van der Waals surface area contributed by atoms with Gasteiger partial charge in [-0.3, -0.25) is 0 Å². The van der Waals surface area contributed by atoms with Crippen LogP contribution in [0.25, 0.3) is 22.4 Å². The van der Waals surface area contributed by atoms with Crippen molar-refractivity contribution in [1.29, 1.82) is 0 Å². The molecule has 4 aliphatic carbocycles. The lowest BCUT2D eigenvalue weighted by molar-refractivity contribution is 0.708. The highest BCUT2D eigenvalue weighted by atomic mass is 15.2. The van der Waals surface area contributed by atoms with E-state index in [0.717, 1.165) is 70.9 Å². The summed E-state index contributed by atoms with van der Waals surface area (Å²) >= 11 is 0. The molecule has 0 atom stereocenters. The second-order valence-corrected chi connectivity index (χ2v) is 16.5. The Hall–Kier alpha value is -7.50. The third-order valence-corrected chi connectivity index (χ3v) is 12.9. The van der Waals surface area contributed by atoms with Crippen LogP contribution in [0.4, 0.5) is 0 Å². The van der Waals surface area contributed by atoms with Crippen LogP contribution in [0.3, 0.4) is 0 Å². The highest BCUT2D eigenvalue weighted by Crippen LogP contribution is 2.64. The Labute approximate surface area is 363 Å². The zero-order chi connectivity index (χ0) is 41.6. The van der Waals surface area contributed by atoms with Crippen LogP contribution in [-0.2, 0) is 5.41 Å². The van der Waals surface area contributed by atoms with E-state index in [9.17, 15) is 0 Å². The maximum Gasteiger partial charge on any atom is 0.169 e. The van der Waals surface area contributed by atoms with Gasteiger partial charge in [-0.1, -0.05) is 176 Å². The SMILES string of the molecule is C=C(N=C(N=C(C)C1=CC2=C(CC1)C1(c3ccc(C4N=C(c5ccccc5)NC(c5ccccc5)=N4)cc32)c2ccccc2-c2ccccc21)C1=CCCC=C1)c1ccccc1. The number of fused-ring (bicyclic) bond motifs is 9. The molecule has 1 N–H and O–H groups in total. The Morgan fingerprint density at radius 3 is 1.87 bits per heavy atom. The number of nitrogens with one attached hydrogen (secondary N) is 1. The molecule has 0 fully saturated rings. The van der Waals surface area contributed by atoms with E-state index < -0.39 is 11.6 Å². The fraction of sp³-hybridized carbons (Fsp3) is 0.123. The van der Waals surface area contributed by atoms with E-state index >= 15 is 0 Å². The number of hydrogen-bond acceptors (Lipinski definition) is 4. The quantitative estimate of drug-likeness (QED) is 0.127. The van der Waals surface area contributed by atoms with E-state index in [1.54, 1.807) is 0 Å². The highest BCUT2D eigenvalue weighted by Gasteiger charge is 2.53. The molecule has 0 radical (unpaired) electrons. The molecule has 0 bridgehead atoms. The predicted molar refractivity (Wildman–Crippen MR) is 257 cm³/mol. The van der Waals surface area contributed by atoms with Gasteiger partial charge in [-0.2, -0.15) is 0 Å². The molecule has 0 amide bonds. The monoisotopic (exact) mass is 799 g/mol. The molecular weight excluding hydrogens is 755 g/mol. The van der Waals surface area contributed by atoms with Crippen molar-refractivity contribution in [3.63, 3.8) is 0 Å². The lowest BCUT2D eigenvalue weighted by atomic mass is 9.67. The summed E-state index contributed by atoms with van der Waals surface area (Å²) in [4.78, 5) is 21.0. The maximum atomic E-state index is 5.34. The van der Waals surface area contributed by atoms with Gasteiger partial charge in [0.25, 0.3) is 0 Å². The number of nitrogens with zero attached hydrogens (tertiary/aromatic N) is 4. The molecule has 5 heteroatoms. The van der Waals surface area contributed by atoms with Gasteiger partial charge in [-0.05, 0) is 106 Å². The van der Waals surface area contributed by atoms with E-state index in [4.69, 9.17) is 20.0 Å². The number of hydrogen-bond donors (Lipinski definition) is 1. The number of aliphatic imine (C=N–C) groups is 4. The molecule has 0 saturated heterocycles. The van der Waals surface area contributed by atoms with Crippen LogP contribution in [0.5, 0.6) is 0 Å². The fourth-order valence-electron chi connectivity index (χ4n) is 10.00.